The second-order valence-electron chi connectivity index (χ2n) is 5.06. The normalized spacial score (nSPS) is 10.7. The molecule has 0 unspecified atom stereocenters. The monoisotopic (exact) mass is 278 g/mol. The maximum atomic E-state index is 12.7. The number of benzene rings is 1. The summed E-state index contributed by atoms with van der Waals surface area (Å²) in [5, 5.41) is 0. The van der Waals surface area contributed by atoms with Crippen LogP contribution >= 0.6 is 0 Å². The first kappa shape index (κ1) is 13.4. The van der Waals surface area contributed by atoms with Crippen molar-refractivity contribution in [1.29, 1.82) is 0 Å². The molecule has 0 aliphatic rings. The smallest absolute Gasteiger partial charge is 0.254 e. The quantitative estimate of drug-likeness (QED) is 0.715. The number of hydrogen-bond acceptors (Lipinski definition) is 1. The van der Waals surface area contributed by atoms with E-state index in [2.05, 4.69) is 0 Å². The van der Waals surface area contributed by atoms with Gasteiger partial charge in [0, 0.05) is 36.6 Å². The minimum atomic E-state index is 0.0741. The van der Waals surface area contributed by atoms with Crippen molar-refractivity contribution in [2.75, 3.05) is 6.54 Å². The Labute approximate surface area is 124 Å². The van der Waals surface area contributed by atoms with Crippen molar-refractivity contribution in [3.63, 3.8) is 0 Å². The lowest BCUT2D eigenvalue weighted by Gasteiger charge is -2.21. The molecule has 3 rings (SSSR count). The average Bonchev–Trinajstić information content (AvgIpc) is 3.00. The summed E-state index contributed by atoms with van der Waals surface area (Å²) < 4.78 is 2.00. The zero-order valence-corrected chi connectivity index (χ0v) is 12.1. The summed E-state index contributed by atoms with van der Waals surface area (Å²) in [6.07, 6.45) is 3.91. The first-order valence-electron chi connectivity index (χ1n) is 7.18. The molecule has 0 aliphatic heterocycles. The van der Waals surface area contributed by atoms with Gasteiger partial charge < -0.3 is 9.30 Å². The highest BCUT2D eigenvalue weighted by atomic mass is 16.2. The molecule has 3 heteroatoms. The minimum absolute atomic E-state index is 0.0741. The van der Waals surface area contributed by atoms with Gasteiger partial charge in [-0.2, -0.15) is 0 Å². The van der Waals surface area contributed by atoms with E-state index in [-0.39, 0.29) is 5.91 Å². The van der Waals surface area contributed by atoms with E-state index in [9.17, 15) is 4.79 Å². The van der Waals surface area contributed by atoms with Crippen LogP contribution in [-0.4, -0.2) is 21.8 Å². The van der Waals surface area contributed by atoms with E-state index < -0.39 is 0 Å². The van der Waals surface area contributed by atoms with Crippen LogP contribution in [0.15, 0.2) is 67.0 Å². The third-order valence-electron chi connectivity index (χ3n) is 3.66. The van der Waals surface area contributed by atoms with Gasteiger partial charge in [-0.05, 0) is 36.8 Å². The van der Waals surface area contributed by atoms with Crippen molar-refractivity contribution in [3.05, 3.63) is 78.1 Å². The van der Waals surface area contributed by atoms with Gasteiger partial charge in [0.15, 0.2) is 0 Å². The van der Waals surface area contributed by atoms with Gasteiger partial charge in [0.25, 0.3) is 5.91 Å². The highest BCUT2D eigenvalue weighted by Crippen LogP contribution is 2.13. The fourth-order valence-corrected chi connectivity index (χ4v) is 2.48. The Morgan fingerprint density at radius 3 is 2.62 bits per heavy atom. The molecule has 3 aromatic rings. The van der Waals surface area contributed by atoms with Gasteiger partial charge in [0.2, 0.25) is 0 Å². The highest BCUT2D eigenvalue weighted by molar-refractivity contribution is 5.95. The molecule has 0 spiro atoms. The lowest BCUT2D eigenvalue weighted by Crippen LogP contribution is -2.30. The lowest BCUT2D eigenvalue weighted by atomic mass is 10.1. The Morgan fingerprint density at radius 1 is 1.05 bits per heavy atom. The van der Waals surface area contributed by atoms with E-state index in [0.717, 1.165) is 16.6 Å². The summed E-state index contributed by atoms with van der Waals surface area (Å²) in [7, 11) is 0. The van der Waals surface area contributed by atoms with Crippen LogP contribution in [-0.2, 0) is 6.54 Å². The molecule has 3 nitrogen and oxygen atoms in total. The minimum Gasteiger partial charge on any atom is -0.335 e. The van der Waals surface area contributed by atoms with Crippen LogP contribution in [0, 0.1) is 0 Å². The summed E-state index contributed by atoms with van der Waals surface area (Å²) in [6, 6.07) is 17.9. The molecule has 2 heterocycles. The van der Waals surface area contributed by atoms with Crippen molar-refractivity contribution in [2.24, 2.45) is 0 Å². The summed E-state index contributed by atoms with van der Waals surface area (Å²) in [4.78, 5) is 14.5. The zero-order chi connectivity index (χ0) is 14.7. The summed E-state index contributed by atoms with van der Waals surface area (Å²) in [5.74, 6) is 0.0741. The van der Waals surface area contributed by atoms with Crippen molar-refractivity contribution in [3.8, 4) is 0 Å². The molecule has 0 saturated carbocycles. The first-order chi connectivity index (χ1) is 10.3. The molecule has 1 amide bonds. The number of amides is 1. The average molecular weight is 278 g/mol. The highest BCUT2D eigenvalue weighted by Gasteiger charge is 2.14. The van der Waals surface area contributed by atoms with Gasteiger partial charge in [0.1, 0.15) is 0 Å². The lowest BCUT2D eigenvalue weighted by molar-refractivity contribution is 0.0752. The van der Waals surface area contributed by atoms with E-state index in [1.54, 1.807) is 0 Å². The molecule has 0 atom stereocenters. The zero-order valence-electron chi connectivity index (χ0n) is 12.1. The molecule has 0 bridgehead atoms. The summed E-state index contributed by atoms with van der Waals surface area (Å²) >= 11 is 0. The Morgan fingerprint density at radius 2 is 1.86 bits per heavy atom. The molecule has 1 aromatic carbocycles. The van der Waals surface area contributed by atoms with Crippen LogP contribution in [0.5, 0.6) is 0 Å². The van der Waals surface area contributed by atoms with Gasteiger partial charge in [-0.25, -0.2) is 0 Å². The van der Waals surface area contributed by atoms with Crippen LogP contribution in [0.25, 0.3) is 5.52 Å². The standard InChI is InChI=1S/C18H18N2O/c1-2-19(14-15-7-4-3-5-8-15)18(21)16-10-12-20-11-6-9-17(20)13-16/h3-13H,2,14H2,1H3. The maximum Gasteiger partial charge on any atom is 0.254 e. The molecule has 2 aromatic heterocycles. The number of nitrogens with zero attached hydrogens (tertiary/aromatic N) is 2. The molecule has 0 N–H and O–H groups in total. The van der Waals surface area contributed by atoms with Crippen molar-refractivity contribution < 1.29 is 4.79 Å². The van der Waals surface area contributed by atoms with Crippen molar-refractivity contribution in [1.82, 2.24) is 9.30 Å². The van der Waals surface area contributed by atoms with Gasteiger partial charge in [0.05, 0.1) is 0 Å². The van der Waals surface area contributed by atoms with E-state index in [0.29, 0.717) is 13.1 Å². The fraction of sp³-hybridized carbons (Fsp3) is 0.167. The number of rotatable bonds is 4. The number of aromatic nitrogens is 1. The predicted molar refractivity (Wildman–Crippen MR) is 84.3 cm³/mol. The fourth-order valence-electron chi connectivity index (χ4n) is 2.48. The van der Waals surface area contributed by atoms with Gasteiger partial charge >= 0.3 is 0 Å². The van der Waals surface area contributed by atoms with Crippen molar-refractivity contribution >= 4 is 11.4 Å². The second kappa shape index (κ2) is 5.83. The van der Waals surface area contributed by atoms with Gasteiger partial charge in [-0.3, -0.25) is 4.79 Å². The molecular formula is C18H18N2O. The number of fused-ring (bicyclic) bond motifs is 1. The van der Waals surface area contributed by atoms with Crippen LogP contribution in [0.2, 0.25) is 0 Å². The van der Waals surface area contributed by atoms with Crippen LogP contribution in [0.4, 0.5) is 0 Å². The molecule has 21 heavy (non-hydrogen) atoms. The summed E-state index contributed by atoms with van der Waals surface area (Å²) in [5.41, 5.74) is 2.92. The number of carbonyl (C=O) groups is 1. The Bertz CT molecular complexity index is 746. The SMILES string of the molecule is CCN(Cc1ccccc1)C(=O)c1ccn2cccc2c1. The summed E-state index contributed by atoms with van der Waals surface area (Å²) in [6.45, 7) is 3.35. The third kappa shape index (κ3) is 2.82. The molecule has 0 fully saturated rings. The Kier molecular flexibility index (Phi) is 3.73. The van der Waals surface area contributed by atoms with Gasteiger partial charge in [-0.15, -0.1) is 0 Å². The van der Waals surface area contributed by atoms with Gasteiger partial charge in [-0.1, -0.05) is 30.3 Å². The molecule has 0 saturated heterocycles. The number of carbonyl (C=O) groups excluding carboxylic acids is 1. The molecule has 0 aliphatic carbocycles. The molecular weight excluding hydrogens is 260 g/mol. The van der Waals surface area contributed by atoms with E-state index in [4.69, 9.17) is 0 Å². The maximum absolute atomic E-state index is 12.7. The van der Waals surface area contributed by atoms with Crippen LogP contribution in [0.1, 0.15) is 22.8 Å². The van der Waals surface area contributed by atoms with Crippen molar-refractivity contribution in [2.45, 2.75) is 13.5 Å². The topological polar surface area (TPSA) is 24.7 Å². The predicted octanol–water partition coefficient (Wildman–Crippen LogP) is 3.60. The Hall–Kier alpha value is -2.55. The number of pyridine rings is 1. The molecule has 106 valence electrons. The largest absolute Gasteiger partial charge is 0.335 e. The molecule has 0 radical (unpaired) electrons. The van der Waals surface area contributed by atoms with E-state index >= 15 is 0 Å². The van der Waals surface area contributed by atoms with Crippen LogP contribution in [0.3, 0.4) is 0 Å². The third-order valence-corrected chi connectivity index (χ3v) is 3.66. The van der Waals surface area contributed by atoms with E-state index in [1.165, 1.54) is 0 Å². The van der Waals surface area contributed by atoms with E-state index in [1.807, 2.05) is 83.2 Å². The first-order valence-corrected chi connectivity index (χ1v) is 7.18. The van der Waals surface area contributed by atoms with Crippen LogP contribution < -0.4 is 0 Å². The Balaban J connectivity index is 1.84. The number of hydrogen-bond donors (Lipinski definition) is 0. The second-order valence-corrected chi connectivity index (χ2v) is 5.06.